The van der Waals surface area contributed by atoms with Gasteiger partial charge in [-0.05, 0) is 104 Å². The first-order chi connectivity index (χ1) is 16.6. The van der Waals surface area contributed by atoms with Gasteiger partial charge < -0.3 is 19.3 Å². The van der Waals surface area contributed by atoms with Gasteiger partial charge in [0.1, 0.15) is 17.2 Å². The Hall–Kier alpha value is -2.72. The van der Waals surface area contributed by atoms with Crippen LogP contribution in [0, 0.1) is 17.8 Å². The van der Waals surface area contributed by atoms with Gasteiger partial charge in [-0.15, -0.1) is 0 Å². The quantitative estimate of drug-likeness (QED) is 0.304. The molecule has 0 heterocycles. The molecule has 0 unspecified atom stereocenters. The fourth-order valence-electron chi connectivity index (χ4n) is 7.56. The zero-order valence-electron chi connectivity index (χ0n) is 20.2. The number of fused-ring (bicyclic) bond motifs is 1. The summed E-state index contributed by atoms with van der Waals surface area (Å²) in [4.78, 5) is 0. The summed E-state index contributed by atoms with van der Waals surface area (Å²) < 4.78 is 17.9. The van der Waals surface area contributed by atoms with E-state index in [0.717, 1.165) is 51.2 Å². The minimum Gasteiger partial charge on any atom is -0.508 e. The Bertz CT molecular complexity index is 1160. The van der Waals surface area contributed by atoms with Crippen molar-refractivity contribution in [3.63, 3.8) is 0 Å². The topological polar surface area (TPSA) is 47.9 Å². The molecule has 4 aliphatic rings. The third-order valence-electron chi connectivity index (χ3n) is 8.57. The van der Waals surface area contributed by atoms with Gasteiger partial charge in [0.2, 0.25) is 0 Å². The van der Waals surface area contributed by atoms with Crippen molar-refractivity contribution in [1.29, 1.82) is 0 Å². The summed E-state index contributed by atoms with van der Waals surface area (Å²) in [5, 5.41) is 12.0. The number of hydrogen-bond acceptors (Lipinski definition) is 4. The van der Waals surface area contributed by atoms with Crippen molar-refractivity contribution in [1.82, 2.24) is 0 Å². The first kappa shape index (κ1) is 21.8. The molecule has 4 nitrogen and oxygen atoms in total. The van der Waals surface area contributed by atoms with E-state index in [9.17, 15) is 5.11 Å². The molecule has 4 heteroatoms. The number of phenols is 1. The van der Waals surface area contributed by atoms with Crippen LogP contribution < -0.4 is 9.47 Å². The molecule has 0 aromatic heterocycles. The van der Waals surface area contributed by atoms with E-state index < -0.39 is 0 Å². The van der Waals surface area contributed by atoms with Gasteiger partial charge in [0.25, 0.3) is 0 Å². The molecule has 0 atom stereocenters. The number of ether oxygens (including phenoxy) is 3. The van der Waals surface area contributed by atoms with Crippen LogP contribution in [0.3, 0.4) is 0 Å². The molecule has 7 rings (SSSR count). The van der Waals surface area contributed by atoms with Gasteiger partial charge in [-0.25, -0.2) is 0 Å². The number of benzene rings is 3. The van der Waals surface area contributed by atoms with Crippen LogP contribution in [0.1, 0.15) is 51.0 Å². The third kappa shape index (κ3) is 3.63. The van der Waals surface area contributed by atoms with E-state index in [1.54, 1.807) is 12.1 Å². The molecule has 178 valence electrons. The molecule has 4 bridgehead atoms. The highest BCUT2D eigenvalue weighted by Gasteiger charge is 2.52. The molecule has 4 aliphatic carbocycles. The van der Waals surface area contributed by atoms with Crippen LogP contribution in [-0.2, 0) is 10.2 Å². The van der Waals surface area contributed by atoms with Gasteiger partial charge in [0, 0.05) is 23.1 Å². The van der Waals surface area contributed by atoms with Gasteiger partial charge in [-0.2, -0.15) is 0 Å². The summed E-state index contributed by atoms with van der Waals surface area (Å²) in [6, 6.07) is 16.1. The predicted octanol–water partition coefficient (Wildman–Crippen LogP) is 7.06. The Morgan fingerprint density at radius 1 is 0.912 bits per heavy atom. The summed E-state index contributed by atoms with van der Waals surface area (Å²) >= 11 is 0. The number of hydrogen-bond donors (Lipinski definition) is 1. The Kier molecular flexibility index (Phi) is 5.44. The Labute approximate surface area is 201 Å². The lowest BCUT2D eigenvalue weighted by Crippen LogP contribution is -2.48. The van der Waals surface area contributed by atoms with Crippen LogP contribution >= 0.6 is 0 Å². The number of aromatic hydroxyl groups is 1. The van der Waals surface area contributed by atoms with E-state index in [2.05, 4.69) is 24.3 Å². The molecule has 4 fully saturated rings. The second-order valence-corrected chi connectivity index (χ2v) is 10.7. The summed E-state index contributed by atoms with van der Waals surface area (Å²) in [6.45, 7) is 2.79. The Morgan fingerprint density at radius 2 is 1.59 bits per heavy atom. The summed E-state index contributed by atoms with van der Waals surface area (Å²) in [5.74, 6) is 4.71. The van der Waals surface area contributed by atoms with Gasteiger partial charge in [-0.3, -0.25) is 0 Å². The van der Waals surface area contributed by atoms with E-state index in [0.29, 0.717) is 6.61 Å². The zero-order chi connectivity index (χ0) is 23.3. The maximum absolute atomic E-state index is 9.80. The van der Waals surface area contributed by atoms with Crippen molar-refractivity contribution in [3.8, 4) is 28.4 Å². The largest absolute Gasteiger partial charge is 0.508 e. The monoisotopic (exact) mass is 458 g/mol. The lowest BCUT2D eigenvalue weighted by Gasteiger charge is -2.57. The van der Waals surface area contributed by atoms with Crippen LogP contribution in [0.25, 0.3) is 21.9 Å². The molecule has 0 saturated heterocycles. The van der Waals surface area contributed by atoms with Crippen LogP contribution in [0.15, 0.2) is 48.5 Å². The minimum atomic E-state index is 0.208. The van der Waals surface area contributed by atoms with Crippen LogP contribution in [-0.4, -0.2) is 25.6 Å². The number of methoxy groups -OCH3 is 1. The van der Waals surface area contributed by atoms with E-state index in [-0.39, 0.29) is 18.0 Å². The molecule has 0 amide bonds. The molecule has 3 aromatic carbocycles. The van der Waals surface area contributed by atoms with E-state index in [1.165, 1.54) is 44.1 Å². The molecular weight excluding hydrogens is 424 g/mol. The average Bonchev–Trinajstić information content (AvgIpc) is 2.83. The fourth-order valence-corrected chi connectivity index (χ4v) is 7.56. The normalized spacial score (nSPS) is 27.3. The molecule has 0 radical (unpaired) electrons. The smallest absolute Gasteiger partial charge is 0.189 e. The second-order valence-electron chi connectivity index (χ2n) is 10.7. The van der Waals surface area contributed by atoms with Gasteiger partial charge in [0.15, 0.2) is 6.79 Å². The van der Waals surface area contributed by atoms with Crippen molar-refractivity contribution in [2.24, 2.45) is 17.8 Å². The van der Waals surface area contributed by atoms with E-state index >= 15 is 0 Å². The lowest BCUT2D eigenvalue weighted by molar-refractivity contribution is -0.00610. The Morgan fingerprint density at radius 3 is 2.21 bits per heavy atom. The maximum atomic E-state index is 9.80. The van der Waals surface area contributed by atoms with Crippen molar-refractivity contribution < 1.29 is 19.3 Å². The summed E-state index contributed by atoms with van der Waals surface area (Å²) in [7, 11) is 1.81. The number of phenolic OH excluding ortho intramolecular Hbond substituents is 1. The molecule has 1 N–H and O–H groups in total. The molecule has 0 spiro atoms. The van der Waals surface area contributed by atoms with E-state index in [4.69, 9.17) is 14.2 Å². The van der Waals surface area contributed by atoms with Crippen LogP contribution in [0.5, 0.6) is 17.2 Å². The SMILES string of the molecule is CCOCOc1c(-c2ccc(O)cc2)ccc2cc(OC)c(C34CC5CC(CC(C5)C3)C4)cc12. The average molecular weight is 459 g/mol. The van der Waals surface area contributed by atoms with E-state index in [1.807, 2.05) is 26.2 Å². The van der Waals surface area contributed by atoms with Crippen molar-refractivity contribution in [3.05, 3.63) is 54.1 Å². The van der Waals surface area contributed by atoms with Crippen LogP contribution in [0.4, 0.5) is 0 Å². The van der Waals surface area contributed by atoms with Gasteiger partial charge in [0.05, 0.1) is 7.11 Å². The van der Waals surface area contributed by atoms with Crippen molar-refractivity contribution in [2.45, 2.75) is 50.9 Å². The second kappa shape index (κ2) is 8.49. The molecule has 0 aliphatic heterocycles. The zero-order valence-corrected chi connectivity index (χ0v) is 20.2. The number of rotatable bonds is 7. The third-order valence-corrected chi connectivity index (χ3v) is 8.57. The summed E-state index contributed by atoms with van der Waals surface area (Å²) in [5.41, 5.74) is 3.61. The van der Waals surface area contributed by atoms with Crippen molar-refractivity contribution >= 4 is 10.8 Å². The summed E-state index contributed by atoms with van der Waals surface area (Å²) in [6.07, 6.45) is 8.11. The fraction of sp³-hybridized carbons (Fsp3) is 0.467. The highest BCUT2D eigenvalue weighted by molar-refractivity contribution is 5.96. The highest BCUT2D eigenvalue weighted by atomic mass is 16.7. The van der Waals surface area contributed by atoms with Gasteiger partial charge in [-0.1, -0.05) is 24.3 Å². The van der Waals surface area contributed by atoms with Crippen LogP contribution in [0.2, 0.25) is 0 Å². The van der Waals surface area contributed by atoms with Gasteiger partial charge >= 0.3 is 0 Å². The molecule has 34 heavy (non-hydrogen) atoms. The molecule has 4 saturated carbocycles. The highest BCUT2D eigenvalue weighted by Crippen LogP contribution is 2.62. The maximum Gasteiger partial charge on any atom is 0.189 e. The standard InChI is InChI=1S/C30H34O4/c1-3-33-18-34-29-25(22-4-7-24(31)8-5-22)9-6-23-13-28(32-2)27(14-26(23)29)30-15-19-10-20(16-30)12-21(11-19)17-30/h4-9,13-14,19-21,31H,3,10-12,15-18H2,1-2H3. The first-order valence-electron chi connectivity index (χ1n) is 12.7. The Balaban J connectivity index is 1.52. The molecule has 3 aromatic rings. The minimum absolute atomic E-state index is 0.208. The molecular formula is C30H34O4. The van der Waals surface area contributed by atoms with Crippen molar-refractivity contribution in [2.75, 3.05) is 20.5 Å². The predicted molar refractivity (Wildman–Crippen MR) is 135 cm³/mol. The lowest BCUT2D eigenvalue weighted by atomic mass is 9.48. The first-order valence-corrected chi connectivity index (χ1v) is 12.7.